The standard InChI is InChI=1S/C16H14N2O/c19-16(18-11-10-17-12-18)15-8-6-14(7-9-15)13-4-2-1-3-5-13/h1-12,16,19H. The summed E-state index contributed by atoms with van der Waals surface area (Å²) in [5, 5.41) is 10.2. The molecule has 0 saturated carbocycles. The van der Waals surface area contributed by atoms with Crippen molar-refractivity contribution < 1.29 is 5.11 Å². The van der Waals surface area contributed by atoms with Crippen molar-refractivity contribution in [2.75, 3.05) is 0 Å². The zero-order valence-electron chi connectivity index (χ0n) is 10.3. The van der Waals surface area contributed by atoms with Gasteiger partial charge in [-0.05, 0) is 11.1 Å². The Bertz CT molecular complexity index is 630. The van der Waals surface area contributed by atoms with Crippen molar-refractivity contribution in [1.82, 2.24) is 9.55 Å². The van der Waals surface area contributed by atoms with E-state index in [9.17, 15) is 5.11 Å². The zero-order chi connectivity index (χ0) is 13.1. The Kier molecular flexibility index (Phi) is 3.12. The topological polar surface area (TPSA) is 38.0 Å². The number of nitrogens with zero attached hydrogens (tertiary/aromatic N) is 2. The van der Waals surface area contributed by atoms with Crippen LogP contribution in [0.25, 0.3) is 11.1 Å². The lowest BCUT2D eigenvalue weighted by Crippen LogP contribution is -2.07. The molecule has 0 fully saturated rings. The van der Waals surface area contributed by atoms with Crippen molar-refractivity contribution >= 4 is 0 Å². The zero-order valence-corrected chi connectivity index (χ0v) is 10.3. The van der Waals surface area contributed by atoms with Gasteiger partial charge in [-0.15, -0.1) is 0 Å². The predicted octanol–water partition coefficient (Wildman–Crippen LogP) is 3.09. The van der Waals surface area contributed by atoms with Gasteiger partial charge < -0.3 is 9.67 Å². The van der Waals surface area contributed by atoms with Gasteiger partial charge in [0.2, 0.25) is 0 Å². The van der Waals surface area contributed by atoms with Gasteiger partial charge in [-0.3, -0.25) is 0 Å². The molecule has 0 aliphatic carbocycles. The van der Waals surface area contributed by atoms with E-state index in [0.717, 1.165) is 11.1 Å². The molecule has 0 aliphatic heterocycles. The van der Waals surface area contributed by atoms with Crippen LogP contribution >= 0.6 is 0 Å². The highest BCUT2D eigenvalue weighted by atomic mass is 16.3. The lowest BCUT2D eigenvalue weighted by atomic mass is 10.0. The number of hydrogen-bond donors (Lipinski definition) is 1. The van der Waals surface area contributed by atoms with Crippen LogP contribution in [0.4, 0.5) is 0 Å². The third-order valence-electron chi connectivity index (χ3n) is 3.12. The SMILES string of the molecule is OC(c1ccc(-c2ccccc2)cc1)n1ccnc1. The second-order valence-corrected chi connectivity index (χ2v) is 4.37. The fraction of sp³-hybridized carbons (Fsp3) is 0.0625. The van der Waals surface area contributed by atoms with E-state index in [1.54, 1.807) is 23.3 Å². The van der Waals surface area contributed by atoms with E-state index < -0.39 is 6.23 Å². The molecule has 1 unspecified atom stereocenters. The number of aromatic nitrogens is 2. The van der Waals surface area contributed by atoms with E-state index in [4.69, 9.17) is 0 Å². The molecule has 19 heavy (non-hydrogen) atoms. The van der Waals surface area contributed by atoms with Gasteiger partial charge in [0.05, 0.1) is 6.33 Å². The first-order valence-corrected chi connectivity index (χ1v) is 6.15. The summed E-state index contributed by atoms with van der Waals surface area (Å²) in [6, 6.07) is 18.1. The summed E-state index contributed by atoms with van der Waals surface area (Å²) in [5.74, 6) is 0. The van der Waals surface area contributed by atoms with Crippen molar-refractivity contribution in [2.45, 2.75) is 6.23 Å². The minimum atomic E-state index is -0.688. The van der Waals surface area contributed by atoms with E-state index in [2.05, 4.69) is 17.1 Å². The molecular weight excluding hydrogens is 236 g/mol. The number of rotatable bonds is 3. The van der Waals surface area contributed by atoms with Gasteiger partial charge in [0.25, 0.3) is 0 Å². The van der Waals surface area contributed by atoms with E-state index in [-0.39, 0.29) is 0 Å². The summed E-state index contributed by atoms with van der Waals surface area (Å²) in [6.45, 7) is 0. The molecule has 0 amide bonds. The van der Waals surface area contributed by atoms with Crippen LogP contribution in [-0.4, -0.2) is 14.7 Å². The van der Waals surface area contributed by atoms with Gasteiger partial charge in [-0.1, -0.05) is 54.6 Å². The molecule has 1 atom stereocenters. The maximum atomic E-state index is 10.2. The van der Waals surface area contributed by atoms with E-state index in [1.165, 1.54) is 5.56 Å². The van der Waals surface area contributed by atoms with Crippen LogP contribution in [0.5, 0.6) is 0 Å². The fourth-order valence-electron chi connectivity index (χ4n) is 2.06. The van der Waals surface area contributed by atoms with Crippen LogP contribution in [0, 0.1) is 0 Å². The third kappa shape index (κ3) is 2.41. The first-order chi connectivity index (χ1) is 9.34. The van der Waals surface area contributed by atoms with Crippen LogP contribution in [0.2, 0.25) is 0 Å². The molecule has 3 aromatic rings. The molecular formula is C16H14N2O. The van der Waals surface area contributed by atoms with E-state index in [0.29, 0.717) is 0 Å². The lowest BCUT2D eigenvalue weighted by Gasteiger charge is -2.12. The molecule has 0 spiro atoms. The van der Waals surface area contributed by atoms with Gasteiger partial charge in [-0.25, -0.2) is 4.98 Å². The summed E-state index contributed by atoms with van der Waals surface area (Å²) in [4.78, 5) is 3.94. The molecule has 0 radical (unpaired) electrons. The molecule has 2 aromatic carbocycles. The van der Waals surface area contributed by atoms with E-state index >= 15 is 0 Å². The quantitative estimate of drug-likeness (QED) is 0.775. The molecule has 3 nitrogen and oxygen atoms in total. The Morgan fingerprint density at radius 3 is 2.21 bits per heavy atom. The molecule has 3 rings (SSSR count). The first kappa shape index (κ1) is 11.7. The van der Waals surface area contributed by atoms with Gasteiger partial charge in [-0.2, -0.15) is 0 Å². The number of benzene rings is 2. The van der Waals surface area contributed by atoms with Crippen molar-refractivity contribution in [3.63, 3.8) is 0 Å². The van der Waals surface area contributed by atoms with Gasteiger partial charge in [0, 0.05) is 18.0 Å². The maximum absolute atomic E-state index is 10.2. The first-order valence-electron chi connectivity index (χ1n) is 6.15. The van der Waals surface area contributed by atoms with Crippen molar-refractivity contribution in [1.29, 1.82) is 0 Å². The molecule has 94 valence electrons. The Hall–Kier alpha value is -2.39. The monoisotopic (exact) mass is 250 g/mol. The second kappa shape index (κ2) is 5.08. The smallest absolute Gasteiger partial charge is 0.157 e. The predicted molar refractivity (Wildman–Crippen MR) is 74.5 cm³/mol. The van der Waals surface area contributed by atoms with Crippen LogP contribution in [0.1, 0.15) is 11.8 Å². The van der Waals surface area contributed by atoms with Crippen LogP contribution in [-0.2, 0) is 0 Å². The average molecular weight is 250 g/mol. The molecule has 1 heterocycles. The molecule has 1 N–H and O–H groups in total. The van der Waals surface area contributed by atoms with Crippen molar-refractivity contribution in [2.24, 2.45) is 0 Å². The lowest BCUT2D eigenvalue weighted by molar-refractivity contribution is 0.146. The Labute approximate surface area is 111 Å². The Morgan fingerprint density at radius 1 is 0.895 bits per heavy atom. The molecule has 0 saturated heterocycles. The molecule has 1 aromatic heterocycles. The normalized spacial score (nSPS) is 12.3. The highest BCUT2D eigenvalue weighted by molar-refractivity contribution is 5.63. The second-order valence-electron chi connectivity index (χ2n) is 4.37. The Balaban J connectivity index is 1.87. The van der Waals surface area contributed by atoms with Crippen molar-refractivity contribution in [3.05, 3.63) is 78.9 Å². The highest BCUT2D eigenvalue weighted by Gasteiger charge is 2.08. The number of hydrogen-bond acceptors (Lipinski definition) is 2. The minimum Gasteiger partial charge on any atom is -0.369 e. The molecule has 0 aliphatic rings. The number of aliphatic hydroxyl groups is 1. The molecule has 0 bridgehead atoms. The van der Waals surface area contributed by atoms with Gasteiger partial charge in [0.1, 0.15) is 0 Å². The minimum absolute atomic E-state index is 0.688. The van der Waals surface area contributed by atoms with Crippen LogP contribution in [0.3, 0.4) is 0 Å². The van der Waals surface area contributed by atoms with Crippen LogP contribution in [0.15, 0.2) is 73.3 Å². The Morgan fingerprint density at radius 2 is 1.58 bits per heavy atom. The summed E-state index contributed by atoms with van der Waals surface area (Å²) < 4.78 is 1.66. The summed E-state index contributed by atoms with van der Waals surface area (Å²) in [7, 11) is 0. The number of imidazole rings is 1. The fourth-order valence-corrected chi connectivity index (χ4v) is 2.06. The van der Waals surface area contributed by atoms with E-state index in [1.807, 2.05) is 42.5 Å². The van der Waals surface area contributed by atoms with Gasteiger partial charge in [0.15, 0.2) is 6.23 Å². The third-order valence-corrected chi connectivity index (χ3v) is 3.12. The summed E-state index contributed by atoms with van der Waals surface area (Å²) >= 11 is 0. The highest BCUT2D eigenvalue weighted by Crippen LogP contribution is 2.22. The van der Waals surface area contributed by atoms with Gasteiger partial charge >= 0.3 is 0 Å². The number of aliphatic hydroxyl groups excluding tert-OH is 1. The maximum Gasteiger partial charge on any atom is 0.157 e. The molecule has 3 heteroatoms. The average Bonchev–Trinajstić information content (AvgIpc) is 3.02. The summed E-state index contributed by atoms with van der Waals surface area (Å²) in [6.07, 6.45) is 4.32. The van der Waals surface area contributed by atoms with Crippen molar-refractivity contribution in [3.8, 4) is 11.1 Å². The largest absolute Gasteiger partial charge is 0.369 e. The van der Waals surface area contributed by atoms with Crippen LogP contribution < -0.4 is 0 Å². The summed E-state index contributed by atoms with van der Waals surface area (Å²) in [5.41, 5.74) is 3.16.